The Morgan fingerprint density at radius 1 is 0.609 bits per heavy atom. The molecule has 2 nitrogen and oxygen atoms in total. The molecule has 4 atom stereocenters. The lowest BCUT2D eigenvalue weighted by Gasteiger charge is -2.43. The zero-order valence-corrected chi connectivity index (χ0v) is 16.7. The van der Waals surface area contributed by atoms with E-state index in [9.17, 15) is 0 Å². The largest absolute Gasteiger partial charge is 0.309 e. The molecule has 23 heavy (non-hydrogen) atoms. The van der Waals surface area contributed by atoms with Crippen LogP contribution in [0.25, 0.3) is 0 Å². The Hall–Kier alpha value is -0.0800. The van der Waals surface area contributed by atoms with Crippen molar-refractivity contribution in [3.63, 3.8) is 0 Å². The summed E-state index contributed by atoms with van der Waals surface area (Å²) in [6.45, 7) is 13.9. The Balaban J connectivity index is 1.98. The third-order valence-corrected chi connectivity index (χ3v) is 5.66. The predicted octanol–water partition coefficient (Wildman–Crippen LogP) is 5.27. The molecule has 0 saturated heterocycles. The van der Waals surface area contributed by atoms with Crippen molar-refractivity contribution in [2.45, 2.75) is 122 Å². The van der Waals surface area contributed by atoms with Gasteiger partial charge >= 0.3 is 0 Å². The average molecular weight is 323 g/mol. The molecule has 136 valence electrons. The first-order valence-electron chi connectivity index (χ1n) is 10.2. The third kappa shape index (κ3) is 6.74. The lowest BCUT2D eigenvalue weighted by molar-refractivity contribution is 0.141. The van der Waals surface area contributed by atoms with Gasteiger partial charge in [0.25, 0.3) is 0 Å². The van der Waals surface area contributed by atoms with Gasteiger partial charge in [-0.1, -0.05) is 25.7 Å². The molecular weight excluding hydrogens is 280 g/mol. The molecule has 0 spiro atoms. The summed E-state index contributed by atoms with van der Waals surface area (Å²) in [7, 11) is 0. The summed E-state index contributed by atoms with van der Waals surface area (Å²) in [6, 6.07) is 1.47. The topological polar surface area (TPSA) is 24.1 Å². The van der Waals surface area contributed by atoms with Crippen LogP contribution in [-0.4, -0.2) is 23.2 Å². The SMILES string of the molecule is CC(C)(C)NC1CCCCC1CC1CCCCC1NC(C)(C)C. The summed E-state index contributed by atoms with van der Waals surface area (Å²) in [5, 5.41) is 7.88. The summed E-state index contributed by atoms with van der Waals surface area (Å²) in [4.78, 5) is 0. The number of hydrogen-bond donors (Lipinski definition) is 2. The fourth-order valence-electron chi connectivity index (χ4n) is 4.86. The van der Waals surface area contributed by atoms with Gasteiger partial charge in [-0.05, 0) is 85.5 Å². The molecule has 2 fully saturated rings. The van der Waals surface area contributed by atoms with E-state index in [1.165, 1.54) is 57.8 Å². The minimum absolute atomic E-state index is 0.246. The highest BCUT2D eigenvalue weighted by Gasteiger charge is 2.34. The second kappa shape index (κ2) is 7.87. The first-order chi connectivity index (χ1) is 10.6. The molecule has 0 heterocycles. The fourth-order valence-corrected chi connectivity index (χ4v) is 4.86. The maximum absolute atomic E-state index is 3.94. The van der Waals surface area contributed by atoms with Gasteiger partial charge in [0, 0.05) is 23.2 Å². The minimum atomic E-state index is 0.246. The van der Waals surface area contributed by atoms with Crippen molar-refractivity contribution < 1.29 is 0 Å². The number of rotatable bonds is 4. The summed E-state index contributed by atoms with van der Waals surface area (Å²) in [5.74, 6) is 1.77. The van der Waals surface area contributed by atoms with Gasteiger partial charge in [0.15, 0.2) is 0 Å². The Bertz CT molecular complexity index is 316. The van der Waals surface area contributed by atoms with Crippen molar-refractivity contribution in [3.8, 4) is 0 Å². The molecule has 2 heteroatoms. The van der Waals surface area contributed by atoms with E-state index in [-0.39, 0.29) is 11.1 Å². The van der Waals surface area contributed by atoms with Gasteiger partial charge < -0.3 is 10.6 Å². The van der Waals surface area contributed by atoms with Crippen LogP contribution in [0, 0.1) is 11.8 Å². The third-order valence-electron chi connectivity index (χ3n) is 5.66. The maximum Gasteiger partial charge on any atom is 0.0100 e. The van der Waals surface area contributed by atoms with Gasteiger partial charge in [-0.25, -0.2) is 0 Å². The van der Waals surface area contributed by atoms with Crippen LogP contribution in [0.15, 0.2) is 0 Å². The van der Waals surface area contributed by atoms with Crippen LogP contribution in [0.1, 0.15) is 99.3 Å². The van der Waals surface area contributed by atoms with E-state index in [2.05, 4.69) is 52.2 Å². The second-order valence-electron chi connectivity index (χ2n) is 10.3. The maximum atomic E-state index is 3.94. The smallest absolute Gasteiger partial charge is 0.0100 e. The van der Waals surface area contributed by atoms with Crippen molar-refractivity contribution >= 4 is 0 Å². The standard InChI is InChI=1S/C21H42N2/c1-20(2,3)22-18-13-9-7-11-16(18)15-17-12-8-10-14-19(17)23-21(4,5)6/h16-19,22-23H,7-15H2,1-6H3. The minimum Gasteiger partial charge on any atom is -0.309 e. The fraction of sp³-hybridized carbons (Fsp3) is 1.00. The normalized spacial score (nSPS) is 33.7. The lowest BCUT2D eigenvalue weighted by Crippen LogP contribution is -2.51. The van der Waals surface area contributed by atoms with Crippen molar-refractivity contribution in [2.75, 3.05) is 0 Å². The molecule has 2 rings (SSSR count). The van der Waals surface area contributed by atoms with Crippen LogP contribution in [0.3, 0.4) is 0 Å². The zero-order valence-electron chi connectivity index (χ0n) is 16.7. The Morgan fingerprint density at radius 2 is 0.957 bits per heavy atom. The number of nitrogens with one attached hydrogen (secondary N) is 2. The van der Waals surface area contributed by atoms with Gasteiger partial charge in [0.2, 0.25) is 0 Å². The van der Waals surface area contributed by atoms with Crippen LogP contribution in [0.4, 0.5) is 0 Å². The van der Waals surface area contributed by atoms with Gasteiger partial charge in [0.05, 0.1) is 0 Å². The van der Waals surface area contributed by atoms with E-state index < -0.39 is 0 Å². The molecule has 2 aliphatic rings. The second-order valence-corrected chi connectivity index (χ2v) is 10.3. The van der Waals surface area contributed by atoms with Gasteiger partial charge in [-0.2, -0.15) is 0 Å². The predicted molar refractivity (Wildman–Crippen MR) is 102 cm³/mol. The first-order valence-corrected chi connectivity index (χ1v) is 10.2. The zero-order chi connectivity index (χ0) is 17.1. The quantitative estimate of drug-likeness (QED) is 0.736. The monoisotopic (exact) mass is 322 g/mol. The van der Waals surface area contributed by atoms with Crippen LogP contribution in [0.2, 0.25) is 0 Å². The molecule has 0 aromatic heterocycles. The molecule has 4 unspecified atom stereocenters. The molecule has 0 amide bonds. The van der Waals surface area contributed by atoms with Crippen LogP contribution < -0.4 is 10.6 Å². The highest BCUT2D eigenvalue weighted by Crippen LogP contribution is 2.36. The summed E-state index contributed by atoms with van der Waals surface area (Å²) in [6.07, 6.45) is 12.8. The lowest BCUT2D eigenvalue weighted by atomic mass is 9.72. The molecule has 2 saturated carbocycles. The van der Waals surface area contributed by atoms with E-state index in [0.29, 0.717) is 0 Å². The van der Waals surface area contributed by atoms with Crippen LogP contribution >= 0.6 is 0 Å². The summed E-state index contributed by atoms with van der Waals surface area (Å²) in [5.41, 5.74) is 0.492. The molecule has 2 aliphatic carbocycles. The van der Waals surface area contributed by atoms with Gasteiger partial charge in [-0.3, -0.25) is 0 Å². The Labute approximate surface area is 145 Å². The van der Waals surface area contributed by atoms with E-state index in [1.807, 2.05) is 0 Å². The Morgan fingerprint density at radius 3 is 1.30 bits per heavy atom. The van der Waals surface area contributed by atoms with Crippen molar-refractivity contribution in [2.24, 2.45) is 11.8 Å². The number of hydrogen-bond acceptors (Lipinski definition) is 2. The first kappa shape index (κ1) is 19.2. The molecule has 2 N–H and O–H groups in total. The van der Waals surface area contributed by atoms with Crippen molar-refractivity contribution in [1.82, 2.24) is 10.6 Å². The summed E-state index contributed by atoms with van der Waals surface area (Å²) >= 11 is 0. The van der Waals surface area contributed by atoms with Crippen molar-refractivity contribution in [1.29, 1.82) is 0 Å². The summed E-state index contributed by atoms with van der Waals surface area (Å²) < 4.78 is 0. The molecule has 0 aromatic carbocycles. The molecule has 0 bridgehead atoms. The van der Waals surface area contributed by atoms with Gasteiger partial charge in [-0.15, -0.1) is 0 Å². The van der Waals surface area contributed by atoms with E-state index in [0.717, 1.165) is 23.9 Å². The molecule has 0 aliphatic heterocycles. The molecule has 0 radical (unpaired) electrons. The van der Waals surface area contributed by atoms with Crippen LogP contribution in [0.5, 0.6) is 0 Å². The highest BCUT2D eigenvalue weighted by molar-refractivity contribution is 4.92. The van der Waals surface area contributed by atoms with Gasteiger partial charge in [0.1, 0.15) is 0 Å². The van der Waals surface area contributed by atoms with Crippen LogP contribution in [-0.2, 0) is 0 Å². The van der Waals surface area contributed by atoms with E-state index in [4.69, 9.17) is 0 Å². The molecular formula is C21H42N2. The van der Waals surface area contributed by atoms with E-state index >= 15 is 0 Å². The molecule has 0 aromatic rings. The van der Waals surface area contributed by atoms with E-state index in [1.54, 1.807) is 0 Å². The highest BCUT2D eigenvalue weighted by atomic mass is 15.0. The van der Waals surface area contributed by atoms with Crippen molar-refractivity contribution in [3.05, 3.63) is 0 Å². The Kier molecular flexibility index (Phi) is 6.58. The average Bonchev–Trinajstić information content (AvgIpc) is 2.40.